The smallest absolute Gasteiger partial charge is 0.0158 e. The lowest BCUT2D eigenvalue weighted by molar-refractivity contribution is 1.41. The van der Waals surface area contributed by atoms with Gasteiger partial charge in [-0.1, -0.05) is 56.8 Å². The normalized spacial score (nSPS) is 8.57. The summed E-state index contributed by atoms with van der Waals surface area (Å²) in [6, 6.07) is 8.22. The molecule has 0 nitrogen and oxygen atoms in total. The van der Waals surface area contributed by atoms with Crippen molar-refractivity contribution >= 4 is 5.57 Å². The highest BCUT2D eigenvalue weighted by molar-refractivity contribution is 5.77. The molecule has 0 atom stereocenters. The zero-order chi connectivity index (χ0) is 11.1. The summed E-state index contributed by atoms with van der Waals surface area (Å²) in [7, 11) is 0. The fraction of sp³-hybridized carbons (Fsp3) is 0.286. The van der Waals surface area contributed by atoms with Crippen LogP contribution in [0.1, 0.15) is 31.9 Å². The maximum absolute atomic E-state index is 3.99. The number of hydrogen-bond acceptors (Lipinski definition) is 0. The molecule has 1 aromatic carbocycles. The first-order valence-electron chi connectivity index (χ1n) is 5.03. The van der Waals surface area contributed by atoms with Gasteiger partial charge in [0.1, 0.15) is 0 Å². The molecule has 0 N–H and O–H groups in total. The summed E-state index contributed by atoms with van der Waals surface area (Å²) in [5.74, 6) is 0. The number of benzene rings is 1. The standard InChI is InChI=1S/C12H14.C2H6/c1-9(2)11(4)12-8-6-5-7-10(12)3;1-2/h5-8H,1,4H2,2-3H3;1-2H3. The Balaban J connectivity index is 0.000000791. The summed E-state index contributed by atoms with van der Waals surface area (Å²) < 4.78 is 0. The van der Waals surface area contributed by atoms with E-state index in [0.717, 1.165) is 11.1 Å². The zero-order valence-corrected chi connectivity index (χ0v) is 9.72. The van der Waals surface area contributed by atoms with Crippen LogP contribution in [0.5, 0.6) is 0 Å². The molecule has 0 unspecified atom stereocenters. The van der Waals surface area contributed by atoms with Gasteiger partial charge in [0.25, 0.3) is 0 Å². The van der Waals surface area contributed by atoms with Crippen LogP contribution in [0.15, 0.2) is 43.0 Å². The lowest BCUT2D eigenvalue weighted by Gasteiger charge is -2.07. The van der Waals surface area contributed by atoms with Gasteiger partial charge >= 0.3 is 0 Å². The molecule has 0 heteroatoms. The van der Waals surface area contributed by atoms with Crippen LogP contribution in [-0.2, 0) is 0 Å². The van der Waals surface area contributed by atoms with E-state index in [4.69, 9.17) is 0 Å². The molecular formula is C14H20. The lowest BCUT2D eigenvalue weighted by Crippen LogP contribution is -1.87. The maximum Gasteiger partial charge on any atom is -0.0158 e. The van der Waals surface area contributed by atoms with E-state index in [1.165, 1.54) is 11.1 Å². The molecule has 1 aromatic rings. The third kappa shape index (κ3) is 3.21. The molecule has 0 spiro atoms. The van der Waals surface area contributed by atoms with Crippen LogP contribution in [0.3, 0.4) is 0 Å². The van der Waals surface area contributed by atoms with Crippen LogP contribution in [0.25, 0.3) is 5.57 Å². The van der Waals surface area contributed by atoms with Crippen molar-refractivity contribution in [1.29, 1.82) is 0 Å². The predicted molar refractivity (Wildman–Crippen MR) is 66.4 cm³/mol. The zero-order valence-electron chi connectivity index (χ0n) is 9.72. The third-order valence-electron chi connectivity index (χ3n) is 1.99. The van der Waals surface area contributed by atoms with Crippen molar-refractivity contribution in [3.05, 3.63) is 54.1 Å². The van der Waals surface area contributed by atoms with Gasteiger partial charge in [0.15, 0.2) is 0 Å². The summed E-state index contributed by atoms with van der Waals surface area (Å²) in [4.78, 5) is 0. The predicted octanol–water partition coefficient (Wildman–Crippen LogP) is 4.61. The van der Waals surface area contributed by atoms with Crippen LogP contribution >= 0.6 is 0 Å². The molecule has 1 rings (SSSR count). The van der Waals surface area contributed by atoms with Gasteiger partial charge < -0.3 is 0 Å². The van der Waals surface area contributed by atoms with Crippen molar-refractivity contribution in [3.8, 4) is 0 Å². The highest BCUT2D eigenvalue weighted by atomic mass is 14.1. The van der Waals surface area contributed by atoms with E-state index in [-0.39, 0.29) is 0 Å². The first-order valence-corrected chi connectivity index (χ1v) is 5.03. The molecule has 0 heterocycles. The first kappa shape index (κ1) is 12.7. The molecule has 0 bridgehead atoms. The van der Waals surface area contributed by atoms with E-state index < -0.39 is 0 Å². The van der Waals surface area contributed by atoms with Crippen LogP contribution in [0, 0.1) is 6.92 Å². The summed E-state index contributed by atoms with van der Waals surface area (Å²) in [5.41, 5.74) is 4.52. The van der Waals surface area contributed by atoms with Crippen LogP contribution in [0.4, 0.5) is 0 Å². The molecule has 0 aromatic heterocycles. The van der Waals surface area contributed by atoms with Gasteiger partial charge in [0.2, 0.25) is 0 Å². The van der Waals surface area contributed by atoms with E-state index in [1.807, 2.05) is 32.9 Å². The fourth-order valence-corrected chi connectivity index (χ4v) is 1.14. The second-order valence-electron chi connectivity index (χ2n) is 3.07. The average Bonchev–Trinajstić information content (AvgIpc) is 2.20. The van der Waals surface area contributed by atoms with E-state index in [9.17, 15) is 0 Å². The van der Waals surface area contributed by atoms with E-state index in [1.54, 1.807) is 0 Å². The minimum absolute atomic E-state index is 1.03. The Kier molecular flexibility index (Phi) is 5.62. The second-order valence-corrected chi connectivity index (χ2v) is 3.07. The topological polar surface area (TPSA) is 0 Å². The van der Waals surface area contributed by atoms with Crippen LogP contribution in [0.2, 0.25) is 0 Å². The van der Waals surface area contributed by atoms with Crippen molar-refractivity contribution in [2.45, 2.75) is 27.7 Å². The van der Waals surface area contributed by atoms with E-state index in [0.29, 0.717) is 0 Å². The van der Waals surface area contributed by atoms with Gasteiger partial charge in [-0.25, -0.2) is 0 Å². The van der Waals surface area contributed by atoms with Crippen molar-refractivity contribution in [1.82, 2.24) is 0 Å². The van der Waals surface area contributed by atoms with Gasteiger partial charge in [0, 0.05) is 0 Å². The molecule has 14 heavy (non-hydrogen) atoms. The molecular weight excluding hydrogens is 168 g/mol. The van der Waals surface area contributed by atoms with E-state index >= 15 is 0 Å². The monoisotopic (exact) mass is 188 g/mol. The van der Waals surface area contributed by atoms with Crippen molar-refractivity contribution < 1.29 is 0 Å². The molecule has 0 aliphatic carbocycles. The minimum Gasteiger partial charge on any atom is -0.0955 e. The minimum atomic E-state index is 1.03. The summed E-state index contributed by atoms with van der Waals surface area (Å²) >= 11 is 0. The lowest BCUT2D eigenvalue weighted by atomic mass is 9.98. The fourth-order valence-electron chi connectivity index (χ4n) is 1.14. The number of aryl methyl sites for hydroxylation is 1. The van der Waals surface area contributed by atoms with Gasteiger partial charge in [0.05, 0.1) is 0 Å². The molecule has 0 saturated carbocycles. The molecule has 0 fully saturated rings. The van der Waals surface area contributed by atoms with Crippen LogP contribution < -0.4 is 0 Å². The molecule has 0 aliphatic heterocycles. The molecule has 0 aliphatic rings. The highest BCUT2D eigenvalue weighted by Crippen LogP contribution is 2.21. The summed E-state index contributed by atoms with van der Waals surface area (Å²) in [5, 5.41) is 0. The average molecular weight is 188 g/mol. The summed E-state index contributed by atoms with van der Waals surface area (Å²) in [6.45, 7) is 15.9. The Morgan fingerprint density at radius 2 is 1.57 bits per heavy atom. The van der Waals surface area contributed by atoms with Crippen molar-refractivity contribution in [2.24, 2.45) is 0 Å². The molecule has 0 saturated heterocycles. The Bertz CT molecular complexity index is 319. The first-order chi connectivity index (χ1) is 6.63. The van der Waals surface area contributed by atoms with Crippen molar-refractivity contribution in [2.75, 3.05) is 0 Å². The highest BCUT2D eigenvalue weighted by Gasteiger charge is 2.00. The quantitative estimate of drug-likeness (QED) is 0.594. The summed E-state index contributed by atoms with van der Waals surface area (Å²) in [6.07, 6.45) is 0. The van der Waals surface area contributed by atoms with Gasteiger partial charge in [-0.2, -0.15) is 0 Å². The SMILES string of the molecule is C=C(C)C(=C)c1ccccc1C.CC. The van der Waals surface area contributed by atoms with Gasteiger partial charge in [-0.15, -0.1) is 0 Å². The second kappa shape index (κ2) is 6.20. The number of hydrogen-bond donors (Lipinski definition) is 0. The maximum atomic E-state index is 3.99. The molecule has 0 radical (unpaired) electrons. The van der Waals surface area contributed by atoms with Gasteiger partial charge in [-0.3, -0.25) is 0 Å². The Morgan fingerprint density at radius 3 is 2.00 bits per heavy atom. The number of allylic oxidation sites excluding steroid dienone is 2. The Morgan fingerprint density at radius 1 is 1.07 bits per heavy atom. The Hall–Kier alpha value is -1.30. The Labute approximate surface area is 88.0 Å². The molecule has 0 amide bonds. The van der Waals surface area contributed by atoms with E-state index in [2.05, 4.69) is 32.2 Å². The van der Waals surface area contributed by atoms with Gasteiger partial charge in [-0.05, 0) is 30.5 Å². The largest absolute Gasteiger partial charge is 0.0955 e. The van der Waals surface area contributed by atoms with Crippen LogP contribution in [-0.4, -0.2) is 0 Å². The third-order valence-corrected chi connectivity index (χ3v) is 1.99. The number of rotatable bonds is 2. The molecule has 76 valence electrons. The van der Waals surface area contributed by atoms with Crippen molar-refractivity contribution in [3.63, 3.8) is 0 Å².